The molecule has 1 amide bonds. The van der Waals surface area contributed by atoms with Crippen LogP contribution >= 0.6 is 0 Å². The molecule has 1 saturated heterocycles. The van der Waals surface area contributed by atoms with Crippen LogP contribution in [0.25, 0.3) is 0 Å². The van der Waals surface area contributed by atoms with Crippen molar-refractivity contribution in [3.05, 3.63) is 12.3 Å². The number of carbonyl (C=O) groups excluding carboxylic acids is 1. The summed E-state index contributed by atoms with van der Waals surface area (Å²) in [6.45, 7) is 5.06. The number of nitrogens with zero attached hydrogens (tertiary/aromatic N) is 2. The summed E-state index contributed by atoms with van der Waals surface area (Å²) in [5, 5.41) is 0. The van der Waals surface area contributed by atoms with Crippen molar-refractivity contribution in [1.29, 1.82) is 0 Å². The largest absolute Gasteiger partial charge is 0.317 e. The van der Waals surface area contributed by atoms with E-state index in [1.807, 2.05) is 11.9 Å². The minimum atomic E-state index is 0.124. The molecule has 1 aliphatic heterocycles. The van der Waals surface area contributed by atoms with Crippen LogP contribution in [0.5, 0.6) is 0 Å². The van der Waals surface area contributed by atoms with E-state index in [2.05, 4.69) is 6.58 Å². The van der Waals surface area contributed by atoms with E-state index in [-0.39, 0.29) is 5.91 Å². The summed E-state index contributed by atoms with van der Waals surface area (Å²) >= 11 is 0. The third kappa shape index (κ3) is 1.19. The fraction of sp³-hybridized carbons (Fsp3) is 0.571. The molecule has 10 heavy (non-hydrogen) atoms. The van der Waals surface area contributed by atoms with E-state index in [0.717, 1.165) is 12.2 Å². The molecule has 0 aromatic rings. The summed E-state index contributed by atoms with van der Waals surface area (Å²) in [6.07, 6.45) is 0. The molecule has 0 unspecified atom stereocenters. The third-order valence-electron chi connectivity index (χ3n) is 1.71. The minimum absolute atomic E-state index is 0.124. The average Bonchev–Trinajstić information content (AvgIpc) is 1.82. The lowest BCUT2D eigenvalue weighted by Gasteiger charge is -2.30. The van der Waals surface area contributed by atoms with E-state index in [4.69, 9.17) is 0 Å². The van der Waals surface area contributed by atoms with Crippen LogP contribution in [0.3, 0.4) is 0 Å². The van der Waals surface area contributed by atoms with Crippen LogP contribution in [0.1, 0.15) is 0 Å². The molecule has 1 fully saturated rings. The Morgan fingerprint density at radius 3 is 2.50 bits per heavy atom. The lowest BCUT2D eigenvalue weighted by molar-refractivity contribution is -0.131. The minimum Gasteiger partial charge on any atom is -0.317 e. The molecule has 0 radical (unpaired) electrons. The van der Waals surface area contributed by atoms with Crippen molar-refractivity contribution in [2.24, 2.45) is 0 Å². The van der Waals surface area contributed by atoms with Gasteiger partial charge < -0.3 is 4.90 Å². The molecule has 3 heteroatoms. The molecule has 0 N–H and O–H groups in total. The van der Waals surface area contributed by atoms with Crippen LogP contribution in [0, 0.1) is 0 Å². The van der Waals surface area contributed by atoms with Gasteiger partial charge in [0.15, 0.2) is 0 Å². The first kappa shape index (κ1) is 7.28. The Balaban J connectivity index is 2.66. The van der Waals surface area contributed by atoms with Gasteiger partial charge in [0.05, 0.1) is 6.54 Å². The Hall–Kier alpha value is -0.830. The number of hydrogen-bond acceptors (Lipinski definition) is 2. The second-order valence-corrected chi connectivity index (χ2v) is 2.69. The molecule has 0 saturated carbocycles. The molecule has 0 bridgehead atoms. The smallest absolute Gasteiger partial charge is 0.240 e. The van der Waals surface area contributed by atoms with E-state index in [9.17, 15) is 4.79 Å². The lowest BCUT2D eigenvalue weighted by Crippen LogP contribution is -2.44. The number of amides is 1. The zero-order valence-electron chi connectivity index (χ0n) is 6.42. The van der Waals surface area contributed by atoms with Crippen LogP contribution < -0.4 is 0 Å². The van der Waals surface area contributed by atoms with Crippen molar-refractivity contribution in [1.82, 2.24) is 9.80 Å². The van der Waals surface area contributed by atoms with Crippen molar-refractivity contribution >= 4 is 5.91 Å². The number of hydrogen-bond donors (Lipinski definition) is 0. The molecular weight excluding hydrogens is 128 g/mol. The second kappa shape index (κ2) is 2.42. The van der Waals surface area contributed by atoms with Gasteiger partial charge in [0.2, 0.25) is 5.91 Å². The highest BCUT2D eigenvalue weighted by molar-refractivity contribution is 5.80. The Morgan fingerprint density at radius 2 is 2.00 bits per heavy atom. The highest BCUT2D eigenvalue weighted by Gasteiger charge is 2.20. The van der Waals surface area contributed by atoms with Gasteiger partial charge in [0.25, 0.3) is 0 Å². The van der Waals surface area contributed by atoms with E-state index in [1.165, 1.54) is 0 Å². The van der Waals surface area contributed by atoms with Gasteiger partial charge in [-0.25, -0.2) is 0 Å². The summed E-state index contributed by atoms with van der Waals surface area (Å²) in [5.41, 5.74) is 0.874. The van der Waals surface area contributed by atoms with E-state index in [1.54, 1.807) is 11.9 Å². The van der Waals surface area contributed by atoms with Gasteiger partial charge in [-0.3, -0.25) is 9.69 Å². The monoisotopic (exact) mass is 140 g/mol. The van der Waals surface area contributed by atoms with E-state index >= 15 is 0 Å². The van der Waals surface area contributed by atoms with Gasteiger partial charge in [-0.2, -0.15) is 0 Å². The molecule has 0 atom stereocenters. The van der Waals surface area contributed by atoms with Crippen molar-refractivity contribution < 1.29 is 4.79 Å². The van der Waals surface area contributed by atoms with Crippen LogP contribution in [-0.4, -0.2) is 42.9 Å². The van der Waals surface area contributed by atoms with Crippen LogP contribution in [0.15, 0.2) is 12.3 Å². The molecule has 0 aliphatic carbocycles. The molecule has 1 aliphatic rings. The first-order chi connectivity index (χ1) is 4.61. The van der Waals surface area contributed by atoms with Crippen LogP contribution in [-0.2, 0) is 4.79 Å². The maximum absolute atomic E-state index is 11.0. The van der Waals surface area contributed by atoms with Gasteiger partial charge in [0, 0.05) is 19.3 Å². The summed E-state index contributed by atoms with van der Waals surface area (Å²) in [7, 11) is 3.67. The normalized spacial score (nSPS) is 22.0. The fourth-order valence-corrected chi connectivity index (χ4v) is 0.987. The first-order valence-corrected chi connectivity index (χ1v) is 3.24. The molecule has 0 spiro atoms. The van der Waals surface area contributed by atoms with Crippen LogP contribution in [0.2, 0.25) is 0 Å². The standard InChI is InChI=1S/C7H12N2O/c1-6-4-8(2)5-7(10)9(6)3/h1,4-5H2,2-3H3. The van der Waals surface area contributed by atoms with Gasteiger partial charge in [-0.05, 0) is 7.05 Å². The predicted molar refractivity (Wildman–Crippen MR) is 39.4 cm³/mol. The lowest BCUT2D eigenvalue weighted by atomic mass is 10.3. The zero-order valence-corrected chi connectivity index (χ0v) is 6.42. The average molecular weight is 140 g/mol. The third-order valence-corrected chi connectivity index (χ3v) is 1.71. The highest BCUT2D eigenvalue weighted by atomic mass is 16.2. The maximum atomic E-state index is 11.0. The van der Waals surface area contributed by atoms with Gasteiger partial charge in [-0.1, -0.05) is 6.58 Å². The SMILES string of the molecule is C=C1CN(C)CC(=O)N1C. The van der Waals surface area contributed by atoms with Crippen molar-refractivity contribution in [2.75, 3.05) is 27.2 Å². The summed E-state index contributed by atoms with van der Waals surface area (Å²) in [5.74, 6) is 0.124. The van der Waals surface area contributed by atoms with Crippen molar-refractivity contribution in [3.63, 3.8) is 0 Å². The quantitative estimate of drug-likeness (QED) is 0.469. The summed E-state index contributed by atoms with van der Waals surface area (Å²) in [6, 6.07) is 0. The summed E-state index contributed by atoms with van der Waals surface area (Å²) < 4.78 is 0. The Morgan fingerprint density at radius 1 is 1.40 bits per heavy atom. The molecule has 0 aromatic heterocycles. The van der Waals surface area contributed by atoms with Crippen LogP contribution in [0.4, 0.5) is 0 Å². The van der Waals surface area contributed by atoms with E-state index in [0.29, 0.717) is 6.54 Å². The molecular formula is C7H12N2O. The Kier molecular flexibility index (Phi) is 1.76. The number of rotatable bonds is 0. The summed E-state index contributed by atoms with van der Waals surface area (Å²) in [4.78, 5) is 14.6. The molecule has 56 valence electrons. The Labute approximate surface area is 60.9 Å². The molecule has 1 heterocycles. The second-order valence-electron chi connectivity index (χ2n) is 2.69. The number of carbonyl (C=O) groups is 1. The molecule has 1 rings (SSSR count). The predicted octanol–water partition coefficient (Wildman–Crippen LogP) is -0.0961. The maximum Gasteiger partial charge on any atom is 0.240 e. The first-order valence-electron chi connectivity index (χ1n) is 3.24. The van der Waals surface area contributed by atoms with Gasteiger partial charge in [0.1, 0.15) is 0 Å². The van der Waals surface area contributed by atoms with Crippen molar-refractivity contribution in [2.45, 2.75) is 0 Å². The molecule has 0 aromatic carbocycles. The molecule has 3 nitrogen and oxygen atoms in total. The fourth-order valence-electron chi connectivity index (χ4n) is 0.987. The van der Waals surface area contributed by atoms with Crippen molar-refractivity contribution in [3.8, 4) is 0 Å². The van der Waals surface area contributed by atoms with E-state index < -0.39 is 0 Å². The highest BCUT2D eigenvalue weighted by Crippen LogP contribution is 2.07. The van der Waals surface area contributed by atoms with Gasteiger partial charge in [-0.15, -0.1) is 0 Å². The Bertz CT molecular complexity index is 158. The zero-order chi connectivity index (χ0) is 7.72. The number of likely N-dealkylation sites (N-methyl/N-ethyl adjacent to an activating group) is 2. The number of piperazine rings is 1. The topological polar surface area (TPSA) is 23.6 Å². The van der Waals surface area contributed by atoms with Gasteiger partial charge >= 0.3 is 0 Å².